The highest BCUT2D eigenvalue weighted by molar-refractivity contribution is 6.33. The fourth-order valence-electron chi connectivity index (χ4n) is 2.30. The number of carbonyl (C=O) groups is 2. The average molecular weight is 356 g/mol. The molecule has 0 bridgehead atoms. The Kier molecular flexibility index (Phi) is 7.51. The van der Waals surface area contributed by atoms with Crippen molar-refractivity contribution in [2.24, 2.45) is 0 Å². The maximum absolute atomic E-state index is 12.6. The molecular formula is C17H28ClN4O2+. The number of quaternary nitrogens is 1. The predicted octanol–water partition coefficient (Wildman–Crippen LogP) is 1.60. The summed E-state index contributed by atoms with van der Waals surface area (Å²) in [6, 6.07) is 4.95. The Bertz CT molecular complexity index is 590. The second-order valence-electron chi connectivity index (χ2n) is 6.49. The molecule has 0 saturated carbocycles. The van der Waals surface area contributed by atoms with Crippen molar-refractivity contribution in [2.75, 3.05) is 52.6 Å². The smallest absolute Gasteiger partial charge is 0.254 e. The average Bonchev–Trinajstić information content (AvgIpc) is 2.49. The Labute approximate surface area is 149 Å². The summed E-state index contributed by atoms with van der Waals surface area (Å²) in [6.45, 7) is 6.93. The molecule has 1 aromatic carbocycles. The maximum atomic E-state index is 12.6. The van der Waals surface area contributed by atoms with Gasteiger partial charge in [-0.3, -0.25) is 9.59 Å². The van der Waals surface area contributed by atoms with Gasteiger partial charge in [-0.05, 0) is 25.1 Å². The van der Waals surface area contributed by atoms with E-state index in [1.807, 2.05) is 6.92 Å². The first-order chi connectivity index (χ1) is 11.2. The summed E-state index contributed by atoms with van der Waals surface area (Å²) in [5.74, 6) is -0.0802. The Hall–Kier alpha value is -1.79. The van der Waals surface area contributed by atoms with E-state index in [9.17, 15) is 9.59 Å². The van der Waals surface area contributed by atoms with Crippen LogP contribution in [0.15, 0.2) is 18.2 Å². The minimum atomic E-state index is -0.0530. The van der Waals surface area contributed by atoms with Gasteiger partial charge >= 0.3 is 0 Å². The fraction of sp³-hybridized carbons (Fsp3) is 0.529. The number of amides is 2. The van der Waals surface area contributed by atoms with Gasteiger partial charge in [0.25, 0.3) is 5.91 Å². The molecule has 7 heteroatoms. The molecule has 0 aliphatic rings. The first-order valence-electron chi connectivity index (χ1n) is 8.07. The van der Waals surface area contributed by atoms with E-state index in [4.69, 9.17) is 17.3 Å². The minimum Gasteiger partial charge on any atom is -0.398 e. The summed E-state index contributed by atoms with van der Waals surface area (Å²) in [4.78, 5) is 25.4. The molecule has 0 heterocycles. The first kappa shape index (κ1) is 20.3. The number of nitrogen functional groups attached to an aromatic ring is 1. The largest absolute Gasteiger partial charge is 0.398 e. The van der Waals surface area contributed by atoms with Crippen LogP contribution in [0.1, 0.15) is 24.2 Å². The third kappa shape index (κ3) is 6.37. The van der Waals surface area contributed by atoms with Crippen LogP contribution in [0.25, 0.3) is 0 Å². The number of benzene rings is 1. The molecule has 0 saturated heterocycles. The molecule has 0 aliphatic carbocycles. The zero-order chi connectivity index (χ0) is 18.3. The lowest BCUT2D eigenvalue weighted by Gasteiger charge is -2.32. The lowest BCUT2D eigenvalue weighted by Crippen LogP contribution is -2.49. The van der Waals surface area contributed by atoms with Gasteiger partial charge in [0.2, 0.25) is 5.91 Å². The Morgan fingerprint density at radius 2 is 1.96 bits per heavy atom. The lowest BCUT2D eigenvalue weighted by atomic mass is 10.1. The van der Waals surface area contributed by atoms with E-state index in [-0.39, 0.29) is 11.8 Å². The summed E-state index contributed by atoms with van der Waals surface area (Å²) < 4.78 is 0.715. The SMILES string of the molecule is CCN(CC[N+](C)(C)CCNC(C)=O)C(=O)c1ccc(Cl)c(N)c1. The normalized spacial score (nSPS) is 11.2. The summed E-state index contributed by atoms with van der Waals surface area (Å²) in [5, 5.41) is 3.25. The van der Waals surface area contributed by atoms with E-state index in [1.54, 1.807) is 23.1 Å². The molecule has 1 aromatic rings. The lowest BCUT2D eigenvalue weighted by molar-refractivity contribution is -0.888. The highest BCUT2D eigenvalue weighted by Crippen LogP contribution is 2.20. The van der Waals surface area contributed by atoms with E-state index >= 15 is 0 Å². The molecule has 1 rings (SSSR count). The van der Waals surface area contributed by atoms with E-state index in [1.165, 1.54) is 6.92 Å². The highest BCUT2D eigenvalue weighted by Gasteiger charge is 2.20. The summed E-state index contributed by atoms with van der Waals surface area (Å²) in [7, 11) is 4.17. The van der Waals surface area contributed by atoms with E-state index < -0.39 is 0 Å². The molecule has 0 spiro atoms. The number of anilines is 1. The van der Waals surface area contributed by atoms with Crippen molar-refractivity contribution >= 4 is 29.1 Å². The number of carbonyl (C=O) groups excluding carboxylic acids is 2. The zero-order valence-corrected chi connectivity index (χ0v) is 15.7. The van der Waals surface area contributed by atoms with Crippen LogP contribution in [-0.4, -0.2) is 68.0 Å². The number of hydrogen-bond acceptors (Lipinski definition) is 3. The number of hydrogen-bond donors (Lipinski definition) is 2. The van der Waals surface area contributed by atoms with Gasteiger partial charge in [0, 0.05) is 19.0 Å². The molecule has 0 unspecified atom stereocenters. The third-order valence-electron chi connectivity index (χ3n) is 3.98. The van der Waals surface area contributed by atoms with E-state index in [0.29, 0.717) is 40.4 Å². The Balaban J connectivity index is 2.64. The minimum absolute atomic E-state index is 0.0271. The van der Waals surface area contributed by atoms with Crippen LogP contribution in [0, 0.1) is 0 Å². The fourth-order valence-corrected chi connectivity index (χ4v) is 2.42. The van der Waals surface area contributed by atoms with Crippen LogP contribution in [-0.2, 0) is 4.79 Å². The van der Waals surface area contributed by atoms with E-state index in [2.05, 4.69) is 19.4 Å². The van der Waals surface area contributed by atoms with E-state index in [0.717, 1.165) is 13.1 Å². The molecule has 0 atom stereocenters. The number of likely N-dealkylation sites (N-methyl/N-ethyl adjacent to an activating group) is 2. The van der Waals surface area contributed by atoms with Crippen molar-refractivity contribution in [1.29, 1.82) is 0 Å². The van der Waals surface area contributed by atoms with Crippen molar-refractivity contribution in [2.45, 2.75) is 13.8 Å². The second kappa shape index (κ2) is 8.89. The van der Waals surface area contributed by atoms with Crippen LogP contribution in [0.3, 0.4) is 0 Å². The molecular weight excluding hydrogens is 328 g/mol. The number of rotatable bonds is 8. The van der Waals surface area contributed by atoms with Crippen molar-refractivity contribution < 1.29 is 14.1 Å². The monoisotopic (exact) mass is 355 g/mol. The van der Waals surface area contributed by atoms with Gasteiger partial charge in [0.15, 0.2) is 0 Å². The highest BCUT2D eigenvalue weighted by atomic mass is 35.5. The number of halogens is 1. The van der Waals surface area contributed by atoms with Crippen molar-refractivity contribution in [3.63, 3.8) is 0 Å². The summed E-state index contributed by atoms with van der Waals surface area (Å²) >= 11 is 5.91. The first-order valence-corrected chi connectivity index (χ1v) is 8.45. The van der Waals surface area contributed by atoms with Crippen molar-refractivity contribution in [1.82, 2.24) is 10.2 Å². The van der Waals surface area contributed by atoms with Crippen LogP contribution in [0.5, 0.6) is 0 Å². The van der Waals surface area contributed by atoms with Gasteiger partial charge in [0.05, 0.1) is 51.0 Å². The predicted molar refractivity (Wildman–Crippen MR) is 98.0 cm³/mol. The quantitative estimate of drug-likeness (QED) is 0.549. The van der Waals surface area contributed by atoms with Crippen molar-refractivity contribution in [3.05, 3.63) is 28.8 Å². The zero-order valence-electron chi connectivity index (χ0n) is 14.9. The second-order valence-corrected chi connectivity index (χ2v) is 6.89. The summed E-state index contributed by atoms with van der Waals surface area (Å²) in [5.41, 5.74) is 6.73. The van der Waals surface area contributed by atoms with Crippen LogP contribution in [0.4, 0.5) is 5.69 Å². The molecule has 24 heavy (non-hydrogen) atoms. The van der Waals surface area contributed by atoms with Crippen molar-refractivity contribution in [3.8, 4) is 0 Å². The van der Waals surface area contributed by atoms with Gasteiger partial charge in [-0.15, -0.1) is 0 Å². The molecule has 6 nitrogen and oxygen atoms in total. The van der Waals surface area contributed by atoms with Gasteiger partial charge in [-0.25, -0.2) is 0 Å². The molecule has 134 valence electrons. The van der Waals surface area contributed by atoms with Gasteiger partial charge in [0.1, 0.15) is 0 Å². The topological polar surface area (TPSA) is 75.4 Å². The molecule has 2 amide bonds. The molecule has 0 aromatic heterocycles. The number of nitrogens with one attached hydrogen (secondary N) is 1. The Morgan fingerprint density at radius 3 is 2.50 bits per heavy atom. The molecule has 3 N–H and O–H groups in total. The molecule has 0 radical (unpaired) electrons. The number of nitrogens with two attached hydrogens (primary N) is 1. The van der Waals surface area contributed by atoms with Crippen LogP contribution < -0.4 is 11.1 Å². The van der Waals surface area contributed by atoms with Gasteiger partial charge in [-0.1, -0.05) is 11.6 Å². The van der Waals surface area contributed by atoms with Gasteiger partial charge < -0.3 is 20.4 Å². The van der Waals surface area contributed by atoms with Crippen LogP contribution in [0.2, 0.25) is 5.02 Å². The maximum Gasteiger partial charge on any atom is 0.254 e. The molecule has 0 aliphatic heterocycles. The Morgan fingerprint density at radius 1 is 1.29 bits per heavy atom. The standard InChI is InChI=1S/C17H27ClN4O2/c1-5-21(9-11-22(3,4)10-8-20-13(2)23)17(24)14-6-7-15(18)16(19)12-14/h6-7,12H,5,8-11,19H2,1-4H3/p+1. The third-order valence-corrected chi connectivity index (χ3v) is 4.32. The summed E-state index contributed by atoms with van der Waals surface area (Å²) in [6.07, 6.45) is 0. The number of nitrogens with zero attached hydrogens (tertiary/aromatic N) is 2. The van der Waals surface area contributed by atoms with Gasteiger partial charge in [-0.2, -0.15) is 0 Å². The van der Waals surface area contributed by atoms with Crippen LogP contribution >= 0.6 is 11.6 Å². The molecule has 0 fully saturated rings.